The third-order valence-corrected chi connectivity index (χ3v) is 14.4. The fourth-order valence-corrected chi connectivity index (χ4v) is 9.78. The van der Waals surface area contributed by atoms with Crippen LogP contribution in [0, 0.1) is 16.7 Å². The van der Waals surface area contributed by atoms with E-state index in [0.717, 1.165) is 41.5 Å². The molecule has 402 valence electrons. The van der Waals surface area contributed by atoms with Crippen molar-refractivity contribution in [3.8, 4) is 17.8 Å². The number of hydrogen-bond donors (Lipinski definition) is 7. The molecular weight excluding hydrogens is 1010 g/mol. The number of hydrogen-bond acceptors (Lipinski definition) is 22. The number of aromatic hydroxyl groups is 2. The smallest absolute Gasteiger partial charge is 0.271 e. The predicted molar refractivity (Wildman–Crippen MR) is 268 cm³/mol. The van der Waals surface area contributed by atoms with Crippen LogP contribution in [0.25, 0.3) is 0 Å². The van der Waals surface area contributed by atoms with E-state index in [1.807, 2.05) is 6.07 Å². The molecule has 0 aliphatic carbocycles. The Morgan fingerprint density at radius 2 is 1.07 bits per heavy atom. The maximum Gasteiger partial charge on any atom is 0.271 e. The molecule has 3 heterocycles. The molecule has 2 aromatic heterocycles. The second kappa shape index (κ2) is 29.0. The lowest BCUT2D eigenvalue weighted by atomic mass is 10.1. The molecule has 7 N–H and O–H groups in total. The molecule has 1 fully saturated rings. The van der Waals surface area contributed by atoms with Crippen LogP contribution in [-0.4, -0.2) is 169 Å². The van der Waals surface area contributed by atoms with Crippen molar-refractivity contribution in [2.75, 3.05) is 106 Å². The summed E-state index contributed by atoms with van der Waals surface area (Å²) >= 11 is 0. The molecule has 1 aliphatic rings. The number of aromatic nitrogens is 2. The van der Waals surface area contributed by atoms with Crippen LogP contribution >= 0.6 is 0 Å². The van der Waals surface area contributed by atoms with Gasteiger partial charge in [-0.25, -0.2) is 26.3 Å². The van der Waals surface area contributed by atoms with Gasteiger partial charge in [0.2, 0.25) is 31.8 Å². The summed E-state index contributed by atoms with van der Waals surface area (Å²) in [6, 6.07) is 13.0. The lowest BCUT2D eigenvalue weighted by Crippen LogP contribution is -2.47. The number of aliphatic hydroxyl groups excluding tert-OH is 2. The standard InChI is InChI=1S/C46H62N12O14S2/c1-69-31-39-37(29-47)43(61)57(21-25-71-27-23-59)45(63)41(39)53-51-33-5-9-35(10-6-33)73(65,66)49-13-3-15-55-17-19-56(20-18-55)16-4-14-50-74(67,68)36-11-7-34(8-12-36)52-54-42-40(32-70-2)38(30-48)44(62)58(46(42)64)22-26-72-28-24-60/h5-12,29,47,49-50,59-60,63-64H,3-4,13-28,31-32H2,1-2H3/b47-29?,53-51+,54-52+. The van der Waals surface area contributed by atoms with Crippen molar-refractivity contribution in [3.05, 3.63) is 91.5 Å². The summed E-state index contributed by atoms with van der Waals surface area (Å²) < 4.78 is 80.3. The van der Waals surface area contributed by atoms with Gasteiger partial charge in [0.1, 0.15) is 11.6 Å². The third-order valence-electron chi connectivity index (χ3n) is 11.5. The van der Waals surface area contributed by atoms with Crippen molar-refractivity contribution in [1.82, 2.24) is 28.4 Å². The molecule has 26 nitrogen and oxygen atoms in total. The lowest BCUT2D eigenvalue weighted by Gasteiger charge is -2.34. The van der Waals surface area contributed by atoms with Gasteiger partial charge in [0.05, 0.1) is 92.7 Å². The molecule has 1 aliphatic heterocycles. The Balaban J connectivity index is 1.05. The predicted octanol–water partition coefficient (Wildman–Crippen LogP) is 2.09. The topological polar surface area (TPSA) is 358 Å². The second-order valence-corrected chi connectivity index (χ2v) is 19.9. The highest BCUT2D eigenvalue weighted by Crippen LogP contribution is 2.35. The molecule has 0 radical (unpaired) electrons. The van der Waals surface area contributed by atoms with E-state index >= 15 is 0 Å². The molecule has 2 aromatic carbocycles. The highest BCUT2D eigenvalue weighted by atomic mass is 32.2. The average molecular weight is 1070 g/mol. The minimum absolute atomic E-state index is 0.00440. The number of nitrogens with zero attached hydrogens (tertiary/aromatic N) is 9. The fourth-order valence-electron chi connectivity index (χ4n) is 7.63. The van der Waals surface area contributed by atoms with Gasteiger partial charge < -0.3 is 54.6 Å². The molecule has 1 saturated heterocycles. The first-order chi connectivity index (χ1) is 35.6. The van der Waals surface area contributed by atoms with E-state index in [1.165, 1.54) is 62.8 Å². The number of nitrogens with one attached hydrogen (secondary N) is 3. The highest BCUT2D eigenvalue weighted by Gasteiger charge is 2.24. The Bertz CT molecular complexity index is 2960. The van der Waals surface area contributed by atoms with Crippen LogP contribution in [0.4, 0.5) is 22.7 Å². The number of nitriles is 1. The van der Waals surface area contributed by atoms with Crippen LogP contribution in [0.15, 0.2) is 88.4 Å². The van der Waals surface area contributed by atoms with Crippen LogP contribution in [-0.2, 0) is 65.3 Å². The quantitative estimate of drug-likeness (QED) is 0.0215. The molecule has 4 aromatic rings. The molecule has 0 spiro atoms. The number of sulfonamides is 2. The van der Waals surface area contributed by atoms with Crippen LogP contribution < -0.4 is 20.6 Å². The molecular formula is C46H62N12O14S2. The van der Waals surface area contributed by atoms with Crippen molar-refractivity contribution in [3.63, 3.8) is 0 Å². The molecule has 0 unspecified atom stereocenters. The zero-order valence-electron chi connectivity index (χ0n) is 41.1. The number of ether oxygens (including phenoxy) is 4. The largest absolute Gasteiger partial charge is 0.493 e. The maximum atomic E-state index is 13.1. The number of azo groups is 2. The summed E-state index contributed by atoms with van der Waals surface area (Å²) in [5.41, 5.74) is -1.48. The van der Waals surface area contributed by atoms with E-state index in [9.17, 15) is 41.9 Å². The van der Waals surface area contributed by atoms with Gasteiger partial charge in [0.15, 0.2) is 11.4 Å². The van der Waals surface area contributed by atoms with Gasteiger partial charge in [-0.1, -0.05) is 0 Å². The van der Waals surface area contributed by atoms with Crippen molar-refractivity contribution < 1.29 is 56.2 Å². The number of aliphatic hydroxyl groups is 2. The fraction of sp³-hybridized carbons (Fsp3) is 0.478. The van der Waals surface area contributed by atoms with Gasteiger partial charge in [-0.3, -0.25) is 18.7 Å². The van der Waals surface area contributed by atoms with Gasteiger partial charge in [-0.05, 0) is 74.5 Å². The Morgan fingerprint density at radius 1 is 0.649 bits per heavy atom. The second-order valence-electron chi connectivity index (χ2n) is 16.4. The van der Waals surface area contributed by atoms with Crippen LogP contribution in [0.3, 0.4) is 0 Å². The zero-order valence-corrected chi connectivity index (χ0v) is 42.7. The van der Waals surface area contributed by atoms with Crippen molar-refractivity contribution in [1.29, 1.82) is 10.7 Å². The van der Waals surface area contributed by atoms with Gasteiger partial charge in [-0.15, -0.1) is 10.2 Å². The summed E-state index contributed by atoms with van der Waals surface area (Å²) in [5.74, 6) is -1.10. The summed E-state index contributed by atoms with van der Waals surface area (Å²) in [6.07, 6.45) is 1.94. The Hall–Kier alpha value is -6.20. The van der Waals surface area contributed by atoms with Crippen LogP contribution in [0.5, 0.6) is 11.8 Å². The average Bonchev–Trinajstić information content (AvgIpc) is 3.39. The number of methoxy groups -OCH3 is 2. The van der Waals surface area contributed by atoms with E-state index in [4.69, 9.17) is 34.6 Å². The minimum atomic E-state index is -3.87. The normalized spacial score (nSPS) is 13.8. The maximum absolute atomic E-state index is 13.1. The first kappa shape index (κ1) is 58.7. The van der Waals surface area contributed by atoms with Crippen LogP contribution in [0.1, 0.15) is 35.1 Å². The molecule has 74 heavy (non-hydrogen) atoms. The van der Waals surface area contributed by atoms with E-state index in [-0.39, 0.29) is 134 Å². The van der Waals surface area contributed by atoms with E-state index in [1.54, 1.807) is 0 Å². The first-order valence-corrected chi connectivity index (χ1v) is 26.3. The Morgan fingerprint density at radius 3 is 1.47 bits per heavy atom. The summed E-state index contributed by atoms with van der Waals surface area (Å²) in [6.45, 7) is 3.63. The number of pyridine rings is 2. The summed E-state index contributed by atoms with van der Waals surface area (Å²) in [7, 11) is -5.02. The SMILES string of the molecule is COCc1c(/N=N/c2ccc(S(=O)(=O)NCCCN3CCN(CCCNS(=O)(=O)c4ccc(/N=N/c5c(COC)c(C=N)c(=O)n(CCOCCO)c5O)cc4)CC3)cc2)c(O)n(CCOCCO)c(=O)c1C#N. The third kappa shape index (κ3) is 15.9. The number of benzene rings is 2. The van der Waals surface area contributed by atoms with Crippen molar-refractivity contribution in [2.24, 2.45) is 20.5 Å². The van der Waals surface area contributed by atoms with Gasteiger partial charge in [0, 0.05) is 70.8 Å². The number of piperazine rings is 1. The summed E-state index contributed by atoms with van der Waals surface area (Å²) in [5, 5.41) is 73.9. The lowest BCUT2D eigenvalue weighted by molar-refractivity contribution is 0.0853. The van der Waals surface area contributed by atoms with Gasteiger partial charge in [0.25, 0.3) is 11.1 Å². The van der Waals surface area contributed by atoms with Gasteiger partial charge in [-0.2, -0.15) is 15.5 Å². The van der Waals surface area contributed by atoms with E-state index in [2.05, 4.69) is 39.7 Å². The number of rotatable bonds is 31. The molecule has 0 atom stereocenters. The van der Waals surface area contributed by atoms with E-state index < -0.39 is 42.9 Å². The molecule has 0 amide bonds. The van der Waals surface area contributed by atoms with Crippen LogP contribution in [0.2, 0.25) is 0 Å². The minimum Gasteiger partial charge on any atom is -0.493 e. The summed E-state index contributed by atoms with van der Waals surface area (Å²) in [4.78, 5) is 30.5. The molecule has 0 bridgehead atoms. The van der Waals surface area contributed by atoms with Gasteiger partial charge >= 0.3 is 0 Å². The highest BCUT2D eigenvalue weighted by molar-refractivity contribution is 7.89. The zero-order chi connectivity index (χ0) is 53.7. The van der Waals surface area contributed by atoms with E-state index in [0.29, 0.717) is 25.9 Å². The first-order valence-electron chi connectivity index (χ1n) is 23.3. The molecule has 0 saturated carbocycles. The van der Waals surface area contributed by atoms with Crippen molar-refractivity contribution in [2.45, 2.75) is 48.9 Å². The van der Waals surface area contributed by atoms with Crippen molar-refractivity contribution >= 4 is 49.0 Å². The Kier molecular flexibility index (Phi) is 23.0. The Labute approximate surface area is 427 Å². The molecule has 28 heteroatoms. The molecule has 5 rings (SSSR count). The monoisotopic (exact) mass is 1070 g/mol.